The number of benzene rings is 1. The van der Waals surface area contributed by atoms with E-state index < -0.39 is 0 Å². The van der Waals surface area contributed by atoms with Crippen LogP contribution in [0.2, 0.25) is 0 Å². The lowest BCUT2D eigenvalue weighted by Gasteiger charge is -2.05. The molecule has 0 aliphatic carbocycles. The first-order chi connectivity index (χ1) is 9.24. The normalized spacial score (nSPS) is 10.4. The van der Waals surface area contributed by atoms with Crippen LogP contribution < -0.4 is 11.1 Å². The Morgan fingerprint density at radius 3 is 2.63 bits per heavy atom. The summed E-state index contributed by atoms with van der Waals surface area (Å²) in [6, 6.07) is 7.86. The molecule has 0 radical (unpaired) electrons. The van der Waals surface area contributed by atoms with Gasteiger partial charge in [-0.2, -0.15) is 0 Å². The molecule has 3 N–H and O–H groups in total. The summed E-state index contributed by atoms with van der Waals surface area (Å²) in [4.78, 5) is 12.6. The van der Waals surface area contributed by atoms with Crippen molar-refractivity contribution < 1.29 is 4.79 Å². The first kappa shape index (κ1) is 13.6. The first-order valence-electron chi connectivity index (χ1n) is 6.12. The van der Waals surface area contributed by atoms with E-state index in [4.69, 9.17) is 5.73 Å². The third-order valence-electron chi connectivity index (χ3n) is 2.81. The van der Waals surface area contributed by atoms with E-state index in [1.807, 2.05) is 31.2 Å². The van der Waals surface area contributed by atoms with Gasteiger partial charge in [0.2, 0.25) is 0 Å². The third kappa shape index (κ3) is 3.36. The second-order valence-corrected chi connectivity index (χ2v) is 4.86. The van der Waals surface area contributed by atoms with Crippen LogP contribution >= 0.6 is 11.5 Å². The molecule has 19 heavy (non-hydrogen) atoms. The van der Waals surface area contributed by atoms with Crippen LogP contribution in [0.4, 0.5) is 0 Å². The van der Waals surface area contributed by atoms with Gasteiger partial charge in [-0.15, -0.1) is 5.10 Å². The lowest BCUT2D eigenvalue weighted by atomic mass is 10.1. The van der Waals surface area contributed by atoms with E-state index >= 15 is 0 Å². The van der Waals surface area contributed by atoms with Crippen molar-refractivity contribution in [2.75, 3.05) is 0 Å². The topological polar surface area (TPSA) is 80.9 Å². The lowest BCUT2D eigenvalue weighted by Crippen LogP contribution is -2.22. The number of aromatic nitrogens is 2. The van der Waals surface area contributed by atoms with Crippen LogP contribution in [0, 0.1) is 0 Å². The quantitative estimate of drug-likeness (QED) is 0.867. The fraction of sp³-hybridized carbons (Fsp3) is 0.308. The molecule has 0 saturated carbocycles. The van der Waals surface area contributed by atoms with Crippen LogP contribution in [0.5, 0.6) is 0 Å². The molecule has 0 saturated heterocycles. The molecule has 0 spiro atoms. The standard InChI is InChI=1S/C13H16N4OS/c1-2-11-12(19-17-16-11)13(18)15-8-10-5-3-9(7-14)4-6-10/h3-6H,2,7-8,14H2,1H3,(H,15,18). The van der Waals surface area contributed by atoms with Crippen molar-refractivity contribution in [3.05, 3.63) is 46.0 Å². The second-order valence-electron chi connectivity index (χ2n) is 4.11. The predicted octanol–water partition coefficient (Wildman–Crippen LogP) is 1.49. The number of nitrogens with one attached hydrogen (secondary N) is 1. The molecule has 1 heterocycles. The Labute approximate surface area is 116 Å². The van der Waals surface area contributed by atoms with E-state index in [2.05, 4.69) is 14.9 Å². The van der Waals surface area contributed by atoms with Gasteiger partial charge in [-0.05, 0) is 29.1 Å². The number of rotatable bonds is 5. The van der Waals surface area contributed by atoms with Crippen molar-refractivity contribution in [3.8, 4) is 0 Å². The molecular weight excluding hydrogens is 260 g/mol. The molecule has 6 heteroatoms. The monoisotopic (exact) mass is 276 g/mol. The average Bonchev–Trinajstić information content (AvgIpc) is 2.93. The molecule has 0 aliphatic heterocycles. The van der Waals surface area contributed by atoms with Gasteiger partial charge in [0.05, 0.1) is 5.69 Å². The summed E-state index contributed by atoms with van der Waals surface area (Å²) >= 11 is 1.13. The van der Waals surface area contributed by atoms with Crippen LogP contribution in [0.1, 0.15) is 33.4 Å². The smallest absolute Gasteiger partial charge is 0.265 e. The largest absolute Gasteiger partial charge is 0.347 e. The fourth-order valence-corrected chi connectivity index (χ4v) is 2.33. The zero-order valence-corrected chi connectivity index (χ0v) is 11.5. The van der Waals surface area contributed by atoms with Crippen molar-refractivity contribution in [1.82, 2.24) is 14.9 Å². The van der Waals surface area contributed by atoms with Crippen molar-refractivity contribution in [1.29, 1.82) is 0 Å². The summed E-state index contributed by atoms with van der Waals surface area (Å²) in [6.07, 6.45) is 0.713. The van der Waals surface area contributed by atoms with Crippen molar-refractivity contribution in [2.24, 2.45) is 5.73 Å². The van der Waals surface area contributed by atoms with Gasteiger partial charge in [0.25, 0.3) is 5.91 Å². The van der Waals surface area contributed by atoms with Crippen LogP contribution in [-0.4, -0.2) is 15.5 Å². The minimum Gasteiger partial charge on any atom is -0.347 e. The molecule has 2 rings (SSSR count). The summed E-state index contributed by atoms with van der Waals surface area (Å²) in [5.74, 6) is -0.116. The molecule has 0 aliphatic rings. The van der Waals surface area contributed by atoms with Gasteiger partial charge < -0.3 is 11.1 Å². The van der Waals surface area contributed by atoms with Gasteiger partial charge in [-0.3, -0.25) is 4.79 Å². The Kier molecular flexibility index (Phi) is 4.59. The molecule has 1 amide bonds. The molecule has 5 nitrogen and oxygen atoms in total. The molecule has 2 aromatic rings. The molecule has 100 valence electrons. The molecule has 0 unspecified atom stereocenters. The Morgan fingerprint density at radius 2 is 2.00 bits per heavy atom. The summed E-state index contributed by atoms with van der Waals surface area (Å²) in [5.41, 5.74) is 8.41. The number of amides is 1. The van der Waals surface area contributed by atoms with Gasteiger partial charge in [0.1, 0.15) is 4.88 Å². The van der Waals surface area contributed by atoms with Gasteiger partial charge >= 0.3 is 0 Å². The first-order valence-corrected chi connectivity index (χ1v) is 6.89. The minimum atomic E-state index is -0.116. The second kappa shape index (κ2) is 6.40. The van der Waals surface area contributed by atoms with E-state index in [0.29, 0.717) is 24.4 Å². The summed E-state index contributed by atoms with van der Waals surface area (Å²) < 4.78 is 3.81. The zero-order chi connectivity index (χ0) is 13.7. The maximum atomic E-state index is 12.0. The van der Waals surface area contributed by atoms with Crippen LogP contribution in [0.15, 0.2) is 24.3 Å². The molecular formula is C13H16N4OS. The van der Waals surface area contributed by atoms with Gasteiger partial charge in [-0.1, -0.05) is 35.7 Å². The van der Waals surface area contributed by atoms with E-state index in [-0.39, 0.29) is 5.91 Å². The maximum Gasteiger partial charge on any atom is 0.265 e. The minimum absolute atomic E-state index is 0.116. The molecule has 0 bridgehead atoms. The Bertz CT molecular complexity index is 550. The number of nitrogens with two attached hydrogens (primary N) is 1. The summed E-state index contributed by atoms with van der Waals surface area (Å²) in [6.45, 7) is 2.98. The fourth-order valence-electron chi connectivity index (χ4n) is 1.67. The lowest BCUT2D eigenvalue weighted by molar-refractivity contribution is 0.0954. The Hall–Kier alpha value is -1.79. The van der Waals surface area contributed by atoms with Crippen LogP contribution in [0.3, 0.4) is 0 Å². The molecule has 0 fully saturated rings. The predicted molar refractivity (Wildman–Crippen MR) is 74.8 cm³/mol. The van der Waals surface area contributed by atoms with Crippen LogP contribution in [0.25, 0.3) is 0 Å². The average molecular weight is 276 g/mol. The molecule has 1 aromatic carbocycles. The number of aryl methyl sites for hydroxylation is 1. The van der Waals surface area contributed by atoms with E-state index in [1.54, 1.807) is 0 Å². The molecule has 0 atom stereocenters. The van der Waals surface area contributed by atoms with Gasteiger partial charge in [0, 0.05) is 13.1 Å². The number of carbonyl (C=O) groups is 1. The van der Waals surface area contributed by atoms with Gasteiger partial charge in [0.15, 0.2) is 0 Å². The van der Waals surface area contributed by atoms with Crippen LogP contribution in [-0.2, 0) is 19.5 Å². The van der Waals surface area contributed by atoms with E-state index in [0.717, 1.165) is 28.4 Å². The Morgan fingerprint density at radius 1 is 1.32 bits per heavy atom. The molecule has 1 aromatic heterocycles. The highest BCUT2D eigenvalue weighted by Gasteiger charge is 2.14. The highest BCUT2D eigenvalue weighted by Crippen LogP contribution is 2.11. The summed E-state index contributed by atoms with van der Waals surface area (Å²) in [5, 5.41) is 6.80. The summed E-state index contributed by atoms with van der Waals surface area (Å²) in [7, 11) is 0. The van der Waals surface area contributed by atoms with E-state index in [9.17, 15) is 4.79 Å². The SMILES string of the molecule is CCc1nnsc1C(=O)NCc1ccc(CN)cc1. The Balaban J connectivity index is 1.96. The van der Waals surface area contributed by atoms with Crippen molar-refractivity contribution in [2.45, 2.75) is 26.4 Å². The van der Waals surface area contributed by atoms with E-state index in [1.165, 1.54) is 0 Å². The zero-order valence-electron chi connectivity index (χ0n) is 10.7. The van der Waals surface area contributed by atoms with Crippen molar-refractivity contribution in [3.63, 3.8) is 0 Å². The number of nitrogens with zero attached hydrogens (tertiary/aromatic N) is 2. The third-order valence-corrected chi connectivity index (χ3v) is 3.58. The number of hydrogen-bond donors (Lipinski definition) is 2. The highest BCUT2D eigenvalue weighted by molar-refractivity contribution is 7.08. The maximum absolute atomic E-state index is 12.0. The van der Waals surface area contributed by atoms with Crippen molar-refractivity contribution >= 4 is 17.4 Å². The van der Waals surface area contributed by atoms with Gasteiger partial charge in [-0.25, -0.2) is 0 Å². The number of hydrogen-bond acceptors (Lipinski definition) is 5. The number of carbonyl (C=O) groups excluding carboxylic acids is 1. The highest BCUT2D eigenvalue weighted by atomic mass is 32.1.